The van der Waals surface area contributed by atoms with E-state index in [1.165, 1.54) is 0 Å². The van der Waals surface area contributed by atoms with Crippen LogP contribution in [0.5, 0.6) is 0 Å². The number of anilines is 1. The topological polar surface area (TPSA) is 59.8 Å². The maximum Gasteiger partial charge on any atom is 0.414 e. The lowest BCUT2D eigenvalue weighted by Crippen LogP contribution is -2.33. The second-order valence-corrected chi connectivity index (χ2v) is 7.86. The lowest BCUT2D eigenvalue weighted by molar-refractivity contribution is 0.101. The molecule has 0 saturated carbocycles. The van der Waals surface area contributed by atoms with E-state index in [0.717, 1.165) is 36.6 Å². The van der Waals surface area contributed by atoms with Crippen molar-refractivity contribution in [3.8, 4) is 0 Å². The van der Waals surface area contributed by atoms with Gasteiger partial charge in [-0.2, -0.15) is 0 Å². The zero-order valence-electron chi connectivity index (χ0n) is 16.9. The van der Waals surface area contributed by atoms with Crippen molar-refractivity contribution in [1.29, 1.82) is 0 Å². The molecule has 1 aliphatic carbocycles. The summed E-state index contributed by atoms with van der Waals surface area (Å²) in [7, 11) is 0. The number of benzene rings is 1. The van der Waals surface area contributed by atoms with Gasteiger partial charge in [-0.15, -0.1) is 0 Å². The molecule has 0 aliphatic heterocycles. The third-order valence-electron chi connectivity index (χ3n) is 4.83. The average molecular weight is 460 g/mol. The number of ether oxygens (including phenoxy) is 1. The Morgan fingerprint density at radius 1 is 1.21 bits per heavy atom. The summed E-state index contributed by atoms with van der Waals surface area (Å²) < 4.78 is 12.1. The molecule has 3 rings (SSSR count). The highest BCUT2D eigenvalue weighted by Gasteiger charge is 2.30. The molecule has 6 heteroatoms. The van der Waals surface area contributed by atoms with Gasteiger partial charge in [-0.25, -0.2) is 4.79 Å². The SMILES string of the molecule is CCCCCN(C(=O)OCC)c1c(C(=O)C2=CCCC=C2)oc2ccc(Br)cc12. The van der Waals surface area contributed by atoms with E-state index in [4.69, 9.17) is 9.15 Å². The number of halogens is 1. The summed E-state index contributed by atoms with van der Waals surface area (Å²) in [6.07, 6.45) is 9.81. The second-order valence-electron chi connectivity index (χ2n) is 6.95. The number of unbranched alkanes of at least 4 members (excludes halogenated alkanes) is 2. The van der Waals surface area contributed by atoms with Crippen molar-refractivity contribution >= 4 is 44.5 Å². The number of fused-ring (bicyclic) bond motifs is 1. The molecule has 0 saturated heterocycles. The monoisotopic (exact) mass is 459 g/mol. The van der Waals surface area contributed by atoms with Crippen LogP contribution in [0.15, 0.2) is 50.9 Å². The number of carbonyl (C=O) groups is 2. The smallest absolute Gasteiger partial charge is 0.414 e. The van der Waals surface area contributed by atoms with Gasteiger partial charge in [0.05, 0.1) is 6.61 Å². The highest BCUT2D eigenvalue weighted by molar-refractivity contribution is 9.10. The molecular weight excluding hydrogens is 434 g/mol. The quantitative estimate of drug-likeness (QED) is 0.321. The van der Waals surface area contributed by atoms with Crippen LogP contribution in [0.25, 0.3) is 11.0 Å². The molecule has 0 fully saturated rings. The first-order valence-corrected chi connectivity index (χ1v) is 10.9. The molecule has 0 N–H and O–H groups in total. The van der Waals surface area contributed by atoms with E-state index in [9.17, 15) is 9.59 Å². The van der Waals surface area contributed by atoms with Crippen molar-refractivity contribution in [3.63, 3.8) is 0 Å². The van der Waals surface area contributed by atoms with Crippen molar-refractivity contribution in [3.05, 3.63) is 52.2 Å². The summed E-state index contributed by atoms with van der Waals surface area (Å²) in [4.78, 5) is 27.7. The van der Waals surface area contributed by atoms with Crippen molar-refractivity contribution in [2.75, 3.05) is 18.1 Å². The molecule has 1 aromatic carbocycles. The lowest BCUT2D eigenvalue weighted by atomic mass is 10.0. The first kappa shape index (κ1) is 21.4. The number of hydrogen-bond acceptors (Lipinski definition) is 4. The molecule has 1 amide bonds. The molecule has 1 aliphatic rings. The van der Waals surface area contributed by atoms with Gasteiger partial charge in [-0.3, -0.25) is 9.69 Å². The molecule has 5 nitrogen and oxygen atoms in total. The summed E-state index contributed by atoms with van der Waals surface area (Å²) in [5.41, 5.74) is 1.64. The Bertz CT molecular complexity index is 957. The molecule has 0 atom stereocenters. The Balaban J connectivity index is 2.14. The number of amides is 1. The van der Waals surface area contributed by atoms with Crippen LogP contribution in [0.2, 0.25) is 0 Å². The molecule has 0 spiro atoms. The average Bonchev–Trinajstić information content (AvgIpc) is 3.09. The summed E-state index contributed by atoms with van der Waals surface area (Å²) in [5, 5.41) is 0.715. The van der Waals surface area contributed by atoms with Gasteiger partial charge in [0.15, 0.2) is 5.76 Å². The van der Waals surface area contributed by atoms with Crippen molar-refractivity contribution in [2.45, 2.75) is 46.0 Å². The minimum Gasteiger partial charge on any atom is -0.450 e. The zero-order valence-corrected chi connectivity index (χ0v) is 18.5. The number of hydrogen-bond donors (Lipinski definition) is 0. The Hall–Kier alpha value is -2.34. The van der Waals surface area contributed by atoms with Gasteiger partial charge in [0.25, 0.3) is 0 Å². The van der Waals surface area contributed by atoms with Crippen LogP contribution in [0.1, 0.15) is 56.5 Å². The van der Waals surface area contributed by atoms with E-state index in [1.54, 1.807) is 17.9 Å². The second kappa shape index (κ2) is 9.92. The highest BCUT2D eigenvalue weighted by atomic mass is 79.9. The lowest BCUT2D eigenvalue weighted by Gasteiger charge is -2.22. The van der Waals surface area contributed by atoms with Gasteiger partial charge >= 0.3 is 6.09 Å². The Morgan fingerprint density at radius 3 is 2.72 bits per heavy atom. The molecule has 154 valence electrons. The van der Waals surface area contributed by atoms with E-state index in [2.05, 4.69) is 22.9 Å². The summed E-state index contributed by atoms with van der Waals surface area (Å²) in [6.45, 7) is 4.61. The maximum absolute atomic E-state index is 13.3. The van der Waals surface area contributed by atoms with Crippen LogP contribution >= 0.6 is 15.9 Å². The molecule has 0 unspecified atom stereocenters. The molecule has 1 aromatic heterocycles. The predicted octanol–water partition coefficient (Wildman–Crippen LogP) is 6.81. The molecule has 29 heavy (non-hydrogen) atoms. The standard InChI is InChI=1S/C23H26BrNO4/c1-3-5-9-14-25(23(27)28-4-2)20-18-15-17(24)12-13-19(18)29-22(20)21(26)16-10-7-6-8-11-16/h7,10-13,15H,3-6,8-9,14H2,1-2H3. The van der Waals surface area contributed by atoms with E-state index in [0.29, 0.717) is 28.8 Å². The summed E-state index contributed by atoms with van der Waals surface area (Å²) >= 11 is 3.49. The number of ketones is 1. The van der Waals surface area contributed by atoms with Gasteiger partial charge in [0.1, 0.15) is 11.3 Å². The van der Waals surface area contributed by atoms with Crippen LogP contribution < -0.4 is 4.90 Å². The van der Waals surface area contributed by atoms with Crippen LogP contribution in [0, 0.1) is 0 Å². The van der Waals surface area contributed by atoms with Gasteiger partial charge in [-0.05, 0) is 44.4 Å². The van der Waals surface area contributed by atoms with E-state index in [-0.39, 0.29) is 18.2 Å². The Kier molecular flexibility index (Phi) is 7.31. The van der Waals surface area contributed by atoms with Gasteiger partial charge in [0.2, 0.25) is 5.78 Å². The molecule has 2 aromatic rings. The third-order valence-corrected chi connectivity index (χ3v) is 5.32. The van der Waals surface area contributed by atoms with Gasteiger partial charge in [-0.1, -0.05) is 53.9 Å². The normalized spacial score (nSPS) is 13.4. The predicted molar refractivity (Wildman–Crippen MR) is 119 cm³/mol. The minimum absolute atomic E-state index is 0.181. The number of rotatable bonds is 8. The largest absolute Gasteiger partial charge is 0.450 e. The fourth-order valence-electron chi connectivity index (χ4n) is 3.41. The Labute approximate surface area is 179 Å². The van der Waals surface area contributed by atoms with Crippen molar-refractivity contribution in [2.24, 2.45) is 0 Å². The summed E-state index contributed by atoms with van der Waals surface area (Å²) in [5.74, 6) is -0.0338. The van der Waals surface area contributed by atoms with Crippen LogP contribution in [-0.4, -0.2) is 25.0 Å². The molecule has 1 heterocycles. The fraction of sp³-hybridized carbons (Fsp3) is 0.391. The molecular formula is C23H26BrNO4. The first-order chi connectivity index (χ1) is 14.1. The number of carbonyl (C=O) groups excluding carboxylic acids is 2. The number of Topliss-reactive ketones (excluding diaryl/α,β-unsaturated/α-hetero) is 1. The van der Waals surface area contributed by atoms with Crippen LogP contribution in [-0.2, 0) is 4.74 Å². The maximum atomic E-state index is 13.3. The first-order valence-electron chi connectivity index (χ1n) is 10.1. The molecule has 0 bridgehead atoms. The highest BCUT2D eigenvalue weighted by Crippen LogP contribution is 2.38. The van der Waals surface area contributed by atoms with Crippen molar-refractivity contribution in [1.82, 2.24) is 0 Å². The minimum atomic E-state index is -0.464. The number of allylic oxidation sites excluding steroid dienone is 4. The third kappa shape index (κ3) is 4.81. The fourth-order valence-corrected chi connectivity index (χ4v) is 3.77. The zero-order chi connectivity index (χ0) is 20.8. The number of furan rings is 1. The summed E-state index contributed by atoms with van der Waals surface area (Å²) in [6, 6.07) is 5.54. The van der Waals surface area contributed by atoms with Gasteiger partial charge < -0.3 is 9.15 Å². The van der Waals surface area contributed by atoms with E-state index in [1.807, 2.05) is 30.4 Å². The van der Waals surface area contributed by atoms with Crippen LogP contribution in [0.3, 0.4) is 0 Å². The Morgan fingerprint density at radius 2 is 2.03 bits per heavy atom. The van der Waals surface area contributed by atoms with Crippen molar-refractivity contribution < 1.29 is 18.7 Å². The number of nitrogens with zero attached hydrogens (tertiary/aromatic N) is 1. The van der Waals surface area contributed by atoms with E-state index < -0.39 is 6.09 Å². The van der Waals surface area contributed by atoms with Gasteiger partial charge in [0, 0.05) is 22.0 Å². The molecule has 0 radical (unpaired) electrons. The van der Waals surface area contributed by atoms with E-state index >= 15 is 0 Å². The van der Waals surface area contributed by atoms with Crippen LogP contribution in [0.4, 0.5) is 10.5 Å².